The Morgan fingerprint density at radius 3 is 2.60 bits per heavy atom. The van der Waals surface area contributed by atoms with Crippen molar-refractivity contribution in [1.29, 1.82) is 0 Å². The van der Waals surface area contributed by atoms with Crippen LogP contribution in [0.5, 0.6) is 0 Å². The highest BCUT2D eigenvalue weighted by atomic mass is 16.5. The zero-order valence-corrected chi connectivity index (χ0v) is 36.9. The van der Waals surface area contributed by atoms with Crippen LogP contribution in [0, 0.1) is 11.8 Å². The van der Waals surface area contributed by atoms with Crippen LogP contribution in [-0.2, 0) is 26.3 Å². The molecule has 17 heteroatoms. The minimum absolute atomic E-state index is 0.129. The van der Waals surface area contributed by atoms with Crippen molar-refractivity contribution in [2.24, 2.45) is 11.8 Å². The predicted octanol–water partition coefficient (Wildman–Crippen LogP) is 5.27. The van der Waals surface area contributed by atoms with Crippen molar-refractivity contribution in [3.63, 3.8) is 0 Å². The number of imide groups is 1. The molecule has 0 bridgehead atoms. The van der Waals surface area contributed by atoms with E-state index < -0.39 is 23.9 Å². The average molecular weight is 867 g/mol. The van der Waals surface area contributed by atoms with E-state index in [9.17, 15) is 24.6 Å². The van der Waals surface area contributed by atoms with Crippen molar-refractivity contribution in [1.82, 2.24) is 30.0 Å². The number of aromatic nitrogens is 4. The molecule has 3 amide bonds. The molecule has 4 aliphatic rings. The number of anilines is 4. The Labute approximate surface area is 368 Å². The number of rotatable bonds is 19. The van der Waals surface area contributed by atoms with Gasteiger partial charge >= 0.3 is 0 Å². The average Bonchev–Trinajstić information content (AvgIpc) is 3.65. The van der Waals surface area contributed by atoms with E-state index in [-0.39, 0.29) is 30.0 Å². The molecule has 2 aliphatic heterocycles. The van der Waals surface area contributed by atoms with Gasteiger partial charge in [0.15, 0.2) is 5.69 Å². The number of aryl methyl sites for hydroxylation is 1. The molecule has 0 radical (unpaired) electrons. The molecule has 338 valence electrons. The van der Waals surface area contributed by atoms with Gasteiger partial charge in [0.05, 0.1) is 23.1 Å². The number of hydrogen-bond acceptors (Lipinski definition) is 14. The van der Waals surface area contributed by atoms with E-state index in [1.54, 1.807) is 35.9 Å². The van der Waals surface area contributed by atoms with E-state index in [1.807, 2.05) is 36.1 Å². The van der Waals surface area contributed by atoms with Crippen molar-refractivity contribution < 1.29 is 33.8 Å². The summed E-state index contributed by atoms with van der Waals surface area (Å²) in [6.07, 6.45) is 13.5. The zero-order chi connectivity index (χ0) is 44.3. The maximum Gasteiger partial charge on any atom is 0.277 e. The van der Waals surface area contributed by atoms with Gasteiger partial charge in [-0.25, -0.2) is 9.97 Å². The second-order valence-corrected chi connectivity index (χ2v) is 18.3. The molecule has 5 heterocycles. The van der Waals surface area contributed by atoms with E-state index >= 15 is 0 Å². The maximum atomic E-state index is 13.4. The highest BCUT2D eigenvalue weighted by molar-refractivity contribution is 6.03. The number of para-hydroxylation sites is 1. The number of carbonyl (C=O) groups is 3. The number of aliphatic hydroxyl groups excluding tert-OH is 1. The van der Waals surface area contributed by atoms with Gasteiger partial charge in [-0.2, -0.15) is 5.10 Å². The Morgan fingerprint density at radius 1 is 1.06 bits per heavy atom. The number of aliphatic hydroxyl groups is 2. The van der Waals surface area contributed by atoms with Crippen molar-refractivity contribution in [2.45, 2.75) is 109 Å². The number of hydrogen-bond donors (Lipinski definition) is 5. The van der Waals surface area contributed by atoms with Crippen LogP contribution < -0.4 is 25.8 Å². The van der Waals surface area contributed by atoms with E-state index in [0.717, 1.165) is 92.9 Å². The Morgan fingerprint density at radius 2 is 1.84 bits per heavy atom. The first-order chi connectivity index (χ1) is 30.3. The van der Waals surface area contributed by atoms with Crippen LogP contribution in [0.2, 0.25) is 0 Å². The van der Waals surface area contributed by atoms with Crippen molar-refractivity contribution >= 4 is 40.6 Å². The second kappa shape index (κ2) is 19.2. The quantitative estimate of drug-likeness (QED) is 0.0602. The number of oxazole rings is 1. The number of piperidine rings is 1. The second-order valence-electron chi connectivity index (χ2n) is 18.3. The monoisotopic (exact) mass is 866 g/mol. The molecule has 0 spiro atoms. The first-order valence-corrected chi connectivity index (χ1v) is 22.5. The molecule has 5 N–H and O–H groups in total. The Bertz CT molecular complexity index is 2240. The van der Waals surface area contributed by atoms with Gasteiger partial charge in [-0.1, -0.05) is 12.1 Å². The summed E-state index contributed by atoms with van der Waals surface area (Å²) in [5, 5.41) is 35.6. The van der Waals surface area contributed by atoms with Gasteiger partial charge in [0.1, 0.15) is 29.4 Å². The fraction of sp³-hybridized carbons (Fsp3) is 0.565. The molecule has 2 atom stereocenters. The number of nitrogens with zero attached hydrogens (tertiary/aromatic N) is 7. The molecule has 17 nitrogen and oxygen atoms in total. The predicted molar refractivity (Wildman–Crippen MR) is 238 cm³/mol. The Hall–Kier alpha value is -5.36. The first kappa shape index (κ1) is 44.3. The summed E-state index contributed by atoms with van der Waals surface area (Å²) in [5.74, 6) is 1.24. The maximum absolute atomic E-state index is 13.4. The van der Waals surface area contributed by atoms with Gasteiger partial charge < -0.3 is 44.7 Å². The largest absolute Gasteiger partial charge is 0.444 e. The van der Waals surface area contributed by atoms with Gasteiger partial charge in [-0.05, 0) is 121 Å². The van der Waals surface area contributed by atoms with Crippen molar-refractivity contribution in [3.05, 3.63) is 65.9 Å². The van der Waals surface area contributed by atoms with Crippen molar-refractivity contribution in [2.75, 3.05) is 67.4 Å². The van der Waals surface area contributed by atoms with Crippen LogP contribution >= 0.6 is 0 Å². The van der Waals surface area contributed by atoms with E-state index in [1.165, 1.54) is 19.1 Å². The van der Waals surface area contributed by atoms with Crippen LogP contribution in [0.15, 0.2) is 53.4 Å². The standard InChI is InChI=1S/C46H62N10O7/c1-46(2,61)41-34(49-42(58)35-28-63-44(50-35)32-19-20-47-38(24-32)48-25-29-11-12-29)27-55(52-41)33-15-13-30(14-16-33)26-53(3)21-7-23-62-22-6-9-31-8-5-10-36-40(31)54(4)45(60)56(36)37-17-18-39(57)51-43(37)59/h5,8,10,19-20,24,27-30,33,37,45,60-61H,6-7,9,11-18,21-23,25-26H2,1-4H3,(H,47,48)(H,49,58)(H,51,57,59). The molecule has 3 fully saturated rings. The number of nitrogens with one attached hydrogen (secondary N) is 3. The van der Waals surface area contributed by atoms with Crippen LogP contribution in [0.3, 0.4) is 0 Å². The Balaban J connectivity index is 0.754. The molecule has 1 saturated heterocycles. The molecule has 63 heavy (non-hydrogen) atoms. The summed E-state index contributed by atoms with van der Waals surface area (Å²) in [4.78, 5) is 52.5. The van der Waals surface area contributed by atoms with Gasteiger partial charge in [-0.3, -0.25) is 24.4 Å². The molecular formula is C46H62N10O7. The lowest BCUT2D eigenvalue weighted by molar-refractivity contribution is -0.134. The smallest absolute Gasteiger partial charge is 0.277 e. The van der Waals surface area contributed by atoms with Gasteiger partial charge in [-0.15, -0.1) is 0 Å². The third kappa shape index (κ3) is 10.5. The molecule has 8 rings (SSSR count). The van der Waals surface area contributed by atoms with E-state index in [2.05, 4.69) is 43.9 Å². The van der Waals surface area contributed by atoms with Crippen molar-refractivity contribution in [3.8, 4) is 11.5 Å². The minimum atomic E-state index is -1.28. The number of benzene rings is 1. The number of pyridine rings is 1. The number of fused-ring (bicyclic) bond motifs is 1. The summed E-state index contributed by atoms with van der Waals surface area (Å²) >= 11 is 0. The fourth-order valence-electron chi connectivity index (χ4n) is 9.18. The number of amides is 3. The number of ether oxygens (including phenoxy) is 1. The lowest BCUT2D eigenvalue weighted by Gasteiger charge is -2.34. The topological polar surface area (TPSA) is 203 Å². The molecule has 2 aliphatic carbocycles. The fourth-order valence-corrected chi connectivity index (χ4v) is 9.18. The summed E-state index contributed by atoms with van der Waals surface area (Å²) in [7, 11) is 4.00. The van der Waals surface area contributed by atoms with Gasteiger partial charge in [0, 0.05) is 64.3 Å². The lowest BCUT2D eigenvalue weighted by Crippen LogP contribution is -2.56. The highest BCUT2D eigenvalue weighted by Gasteiger charge is 2.42. The summed E-state index contributed by atoms with van der Waals surface area (Å²) in [6, 6.07) is 9.16. The zero-order valence-electron chi connectivity index (χ0n) is 36.9. The Kier molecular flexibility index (Phi) is 13.5. The van der Waals surface area contributed by atoms with Crippen LogP contribution in [0.4, 0.5) is 22.9 Å². The van der Waals surface area contributed by atoms with Crippen LogP contribution in [-0.4, -0.2) is 112 Å². The number of carbonyl (C=O) groups excluding carboxylic acids is 3. The van der Waals surface area contributed by atoms with Gasteiger partial charge in [0.25, 0.3) is 5.91 Å². The van der Waals surface area contributed by atoms with E-state index in [4.69, 9.17) is 14.3 Å². The van der Waals surface area contributed by atoms with E-state index in [0.29, 0.717) is 48.7 Å². The third-order valence-corrected chi connectivity index (χ3v) is 12.8. The van der Waals surface area contributed by atoms with Crippen LogP contribution in [0.25, 0.3) is 11.5 Å². The SMILES string of the molecule is CN(CCCOCCCc1cccc2c1N(C)C(O)N2C1CCC(=O)NC1=O)CC1CCC(n2cc(NC(=O)c3coc(-c4ccnc(NCC5CC5)c4)n3)c(C(C)(C)O)n2)CC1. The molecule has 2 unspecified atom stereocenters. The summed E-state index contributed by atoms with van der Waals surface area (Å²) in [5.41, 5.74) is 3.22. The minimum Gasteiger partial charge on any atom is -0.444 e. The van der Waals surface area contributed by atoms with Crippen LogP contribution in [0.1, 0.15) is 106 Å². The van der Waals surface area contributed by atoms with Gasteiger partial charge in [0.2, 0.25) is 24.1 Å². The lowest BCUT2D eigenvalue weighted by atomic mass is 9.86. The molecule has 2 saturated carbocycles. The molecular weight excluding hydrogens is 805 g/mol. The first-order valence-electron chi connectivity index (χ1n) is 22.5. The normalized spacial score (nSPS) is 21.5. The highest BCUT2D eigenvalue weighted by Crippen LogP contribution is 2.43. The summed E-state index contributed by atoms with van der Waals surface area (Å²) in [6.45, 7) is 7.47. The molecule has 3 aromatic heterocycles. The third-order valence-electron chi connectivity index (χ3n) is 12.8. The molecule has 4 aromatic rings. The molecule has 1 aromatic carbocycles. The summed E-state index contributed by atoms with van der Waals surface area (Å²) < 4.78 is 13.6.